The van der Waals surface area contributed by atoms with Crippen LogP contribution >= 0.6 is 0 Å². The summed E-state index contributed by atoms with van der Waals surface area (Å²) in [6.07, 6.45) is 4.43. The van der Waals surface area contributed by atoms with E-state index in [2.05, 4.69) is 44.1 Å². The molecule has 1 saturated heterocycles. The average Bonchev–Trinajstić information content (AvgIpc) is 3.14. The second-order valence-corrected chi connectivity index (χ2v) is 5.83. The summed E-state index contributed by atoms with van der Waals surface area (Å²) in [6, 6.07) is 3.81. The number of hydrogen-bond acceptors (Lipinski definition) is 6. The largest absolute Gasteiger partial charge is 0.359 e. The highest BCUT2D eigenvalue weighted by molar-refractivity contribution is 5.80. The second kappa shape index (κ2) is 8.46. The SMILES string of the molecule is CCNC(=NCc1cc(CC)no1)N1CCN(c2ncccn2)CC1. The lowest BCUT2D eigenvalue weighted by Crippen LogP contribution is -2.52. The molecule has 0 spiro atoms. The van der Waals surface area contributed by atoms with Crippen molar-refractivity contribution in [2.24, 2.45) is 4.99 Å². The van der Waals surface area contributed by atoms with E-state index in [-0.39, 0.29) is 0 Å². The van der Waals surface area contributed by atoms with Gasteiger partial charge in [0, 0.05) is 51.2 Å². The number of anilines is 1. The van der Waals surface area contributed by atoms with E-state index in [4.69, 9.17) is 9.52 Å². The van der Waals surface area contributed by atoms with Crippen LogP contribution in [0.25, 0.3) is 0 Å². The molecule has 0 atom stereocenters. The molecule has 0 aromatic carbocycles. The summed E-state index contributed by atoms with van der Waals surface area (Å²) >= 11 is 0. The Morgan fingerprint density at radius 1 is 1.20 bits per heavy atom. The van der Waals surface area contributed by atoms with Gasteiger partial charge in [-0.25, -0.2) is 15.0 Å². The summed E-state index contributed by atoms with van der Waals surface area (Å²) in [4.78, 5) is 17.8. The van der Waals surface area contributed by atoms with Crippen LogP contribution in [-0.4, -0.2) is 58.7 Å². The molecule has 8 nitrogen and oxygen atoms in total. The Bertz CT molecular complexity index is 677. The molecular formula is C17H25N7O. The van der Waals surface area contributed by atoms with Gasteiger partial charge < -0.3 is 19.6 Å². The normalized spacial score (nSPS) is 15.5. The van der Waals surface area contributed by atoms with Crippen LogP contribution < -0.4 is 10.2 Å². The van der Waals surface area contributed by atoms with Crippen LogP contribution in [0, 0.1) is 0 Å². The van der Waals surface area contributed by atoms with Crippen LogP contribution in [0.2, 0.25) is 0 Å². The summed E-state index contributed by atoms with van der Waals surface area (Å²) in [7, 11) is 0. The molecule has 0 unspecified atom stereocenters. The lowest BCUT2D eigenvalue weighted by atomic mass is 10.3. The molecule has 2 aromatic rings. The maximum absolute atomic E-state index is 5.32. The zero-order valence-corrected chi connectivity index (χ0v) is 14.9. The van der Waals surface area contributed by atoms with Gasteiger partial charge >= 0.3 is 0 Å². The third kappa shape index (κ3) is 4.46. The molecule has 0 bridgehead atoms. The Labute approximate surface area is 148 Å². The molecule has 2 aromatic heterocycles. The number of nitrogens with one attached hydrogen (secondary N) is 1. The highest BCUT2D eigenvalue weighted by Crippen LogP contribution is 2.11. The predicted molar refractivity (Wildman–Crippen MR) is 96.5 cm³/mol. The fourth-order valence-corrected chi connectivity index (χ4v) is 2.75. The third-order valence-electron chi connectivity index (χ3n) is 4.10. The van der Waals surface area contributed by atoms with Crippen molar-refractivity contribution in [3.8, 4) is 0 Å². The molecule has 1 aliphatic rings. The van der Waals surface area contributed by atoms with Gasteiger partial charge in [-0.2, -0.15) is 0 Å². The van der Waals surface area contributed by atoms with Crippen molar-refractivity contribution in [2.45, 2.75) is 26.8 Å². The van der Waals surface area contributed by atoms with Gasteiger partial charge in [0.25, 0.3) is 0 Å². The Morgan fingerprint density at radius 3 is 2.60 bits per heavy atom. The summed E-state index contributed by atoms with van der Waals surface area (Å²) in [5.41, 5.74) is 0.965. The highest BCUT2D eigenvalue weighted by atomic mass is 16.5. The first-order valence-corrected chi connectivity index (χ1v) is 8.79. The van der Waals surface area contributed by atoms with E-state index in [0.717, 1.165) is 62.5 Å². The van der Waals surface area contributed by atoms with Crippen molar-refractivity contribution in [1.82, 2.24) is 25.3 Å². The van der Waals surface area contributed by atoms with E-state index in [0.29, 0.717) is 6.54 Å². The number of nitrogens with zero attached hydrogens (tertiary/aromatic N) is 6. The van der Waals surface area contributed by atoms with Gasteiger partial charge in [-0.15, -0.1) is 0 Å². The Hall–Kier alpha value is -2.64. The number of aryl methyl sites for hydroxylation is 1. The molecule has 25 heavy (non-hydrogen) atoms. The van der Waals surface area contributed by atoms with E-state index in [9.17, 15) is 0 Å². The minimum absolute atomic E-state index is 0.497. The van der Waals surface area contributed by atoms with E-state index in [1.807, 2.05) is 12.1 Å². The fourth-order valence-electron chi connectivity index (χ4n) is 2.75. The lowest BCUT2D eigenvalue weighted by Gasteiger charge is -2.36. The van der Waals surface area contributed by atoms with Crippen LogP contribution in [0.1, 0.15) is 25.3 Å². The van der Waals surface area contributed by atoms with E-state index in [1.165, 1.54) is 0 Å². The quantitative estimate of drug-likeness (QED) is 0.647. The minimum Gasteiger partial charge on any atom is -0.359 e. The summed E-state index contributed by atoms with van der Waals surface area (Å²) in [5.74, 6) is 2.49. The Balaban J connectivity index is 1.60. The van der Waals surface area contributed by atoms with Crippen molar-refractivity contribution >= 4 is 11.9 Å². The number of piperazine rings is 1. The minimum atomic E-state index is 0.497. The van der Waals surface area contributed by atoms with Gasteiger partial charge in [-0.1, -0.05) is 12.1 Å². The van der Waals surface area contributed by atoms with Gasteiger partial charge in [0.2, 0.25) is 5.95 Å². The zero-order valence-electron chi connectivity index (χ0n) is 14.9. The molecule has 0 saturated carbocycles. The standard InChI is InChI=1S/C17H25N7O/c1-3-14-12-15(25-22-14)13-21-16(18-4-2)23-8-10-24(11-9-23)17-19-6-5-7-20-17/h5-7,12H,3-4,8-11,13H2,1-2H3,(H,18,21). The molecule has 0 aliphatic carbocycles. The maximum atomic E-state index is 5.32. The monoisotopic (exact) mass is 343 g/mol. The first-order valence-electron chi connectivity index (χ1n) is 8.79. The first-order chi connectivity index (χ1) is 12.3. The van der Waals surface area contributed by atoms with E-state index < -0.39 is 0 Å². The Kier molecular flexibility index (Phi) is 5.81. The van der Waals surface area contributed by atoms with E-state index in [1.54, 1.807) is 12.4 Å². The van der Waals surface area contributed by atoms with Crippen LogP contribution in [0.3, 0.4) is 0 Å². The number of hydrogen-bond donors (Lipinski definition) is 1. The van der Waals surface area contributed by atoms with Crippen LogP contribution in [0.15, 0.2) is 34.0 Å². The average molecular weight is 343 g/mol. The first kappa shape index (κ1) is 17.2. The maximum Gasteiger partial charge on any atom is 0.225 e. The van der Waals surface area contributed by atoms with Crippen molar-refractivity contribution in [2.75, 3.05) is 37.6 Å². The van der Waals surface area contributed by atoms with Gasteiger partial charge in [0.1, 0.15) is 6.54 Å². The van der Waals surface area contributed by atoms with Gasteiger partial charge in [0.05, 0.1) is 5.69 Å². The summed E-state index contributed by atoms with van der Waals surface area (Å²) in [5, 5.41) is 7.38. The lowest BCUT2D eigenvalue weighted by molar-refractivity contribution is 0.363. The fraction of sp³-hybridized carbons (Fsp3) is 0.529. The summed E-state index contributed by atoms with van der Waals surface area (Å²) in [6.45, 7) is 8.96. The Morgan fingerprint density at radius 2 is 1.96 bits per heavy atom. The third-order valence-corrected chi connectivity index (χ3v) is 4.10. The van der Waals surface area contributed by atoms with Gasteiger partial charge in [-0.05, 0) is 19.4 Å². The zero-order chi connectivity index (χ0) is 17.5. The molecule has 1 fully saturated rings. The van der Waals surface area contributed by atoms with Crippen molar-refractivity contribution in [3.05, 3.63) is 36.0 Å². The van der Waals surface area contributed by atoms with Crippen molar-refractivity contribution < 1.29 is 4.52 Å². The van der Waals surface area contributed by atoms with E-state index >= 15 is 0 Å². The summed E-state index contributed by atoms with van der Waals surface area (Å²) < 4.78 is 5.32. The smallest absolute Gasteiger partial charge is 0.225 e. The van der Waals surface area contributed by atoms with Crippen LogP contribution in [-0.2, 0) is 13.0 Å². The molecule has 134 valence electrons. The van der Waals surface area contributed by atoms with Crippen LogP contribution in [0.4, 0.5) is 5.95 Å². The topological polar surface area (TPSA) is 82.7 Å². The molecule has 3 rings (SSSR count). The number of aromatic nitrogens is 3. The number of rotatable bonds is 5. The number of guanidine groups is 1. The van der Waals surface area contributed by atoms with Crippen molar-refractivity contribution in [1.29, 1.82) is 0 Å². The molecular weight excluding hydrogens is 318 g/mol. The number of aliphatic imine (C=N–C) groups is 1. The molecule has 8 heteroatoms. The molecule has 1 N–H and O–H groups in total. The highest BCUT2D eigenvalue weighted by Gasteiger charge is 2.21. The second-order valence-electron chi connectivity index (χ2n) is 5.83. The van der Waals surface area contributed by atoms with Gasteiger partial charge in [-0.3, -0.25) is 0 Å². The molecule has 1 aliphatic heterocycles. The molecule has 0 amide bonds. The predicted octanol–water partition coefficient (Wildman–Crippen LogP) is 1.31. The van der Waals surface area contributed by atoms with Crippen molar-refractivity contribution in [3.63, 3.8) is 0 Å². The van der Waals surface area contributed by atoms with Crippen LogP contribution in [0.5, 0.6) is 0 Å². The molecule has 0 radical (unpaired) electrons. The van der Waals surface area contributed by atoms with Gasteiger partial charge in [0.15, 0.2) is 11.7 Å². The molecule has 3 heterocycles.